The number of halogens is 1. The van der Waals surface area contributed by atoms with Gasteiger partial charge < -0.3 is 10.5 Å². The van der Waals surface area contributed by atoms with Gasteiger partial charge in [-0.25, -0.2) is 19.9 Å². The molecular weight excluding hydrogens is 468 g/mol. The number of hydrogen-bond acceptors (Lipinski definition) is 8. The number of aromatic nitrogens is 5. The lowest BCUT2D eigenvalue weighted by Crippen LogP contribution is -2.10. The van der Waals surface area contributed by atoms with Gasteiger partial charge in [-0.15, -0.1) is 11.3 Å². The molecular formula is C25H25ClN6OS. The van der Waals surface area contributed by atoms with E-state index in [-0.39, 0.29) is 6.10 Å². The monoisotopic (exact) mass is 492 g/mol. The summed E-state index contributed by atoms with van der Waals surface area (Å²) in [6.45, 7) is 0. The summed E-state index contributed by atoms with van der Waals surface area (Å²) < 4.78 is 6.11. The number of hydrogen-bond donors (Lipinski definition) is 1. The van der Waals surface area contributed by atoms with E-state index < -0.39 is 0 Å². The molecule has 7 nitrogen and oxygen atoms in total. The van der Waals surface area contributed by atoms with Crippen LogP contribution < -0.4 is 10.5 Å². The average Bonchev–Trinajstić information content (AvgIpc) is 3.51. The van der Waals surface area contributed by atoms with Gasteiger partial charge in [0.2, 0.25) is 0 Å². The molecule has 0 atom stereocenters. The van der Waals surface area contributed by atoms with E-state index in [2.05, 4.69) is 15.0 Å². The predicted octanol–water partition coefficient (Wildman–Crippen LogP) is 5.79. The van der Waals surface area contributed by atoms with Crippen molar-refractivity contribution >= 4 is 28.1 Å². The van der Waals surface area contributed by atoms with E-state index in [0.29, 0.717) is 21.7 Å². The zero-order chi connectivity index (χ0) is 23.3. The normalized spacial score (nSPS) is 13.9. The number of anilines is 1. The van der Waals surface area contributed by atoms with Crippen molar-refractivity contribution in [2.24, 2.45) is 0 Å². The zero-order valence-corrected chi connectivity index (χ0v) is 20.2. The van der Waals surface area contributed by atoms with Crippen molar-refractivity contribution in [3.8, 4) is 28.5 Å². The van der Waals surface area contributed by atoms with Crippen LogP contribution in [0.5, 0.6) is 5.75 Å². The van der Waals surface area contributed by atoms with Crippen LogP contribution in [-0.2, 0) is 12.8 Å². The largest absolute Gasteiger partial charge is 0.490 e. The van der Waals surface area contributed by atoms with Crippen molar-refractivity contribution in [3.63, 3.8) is 0 Å². The van der Waals surface area contributed by atoms with E-state index in [9.17, 15) is 0 Å². The van der Waals surface area contributed by atoms with E-state index in [1.54, 1.807) is 18.6 Å². The lowest BCUT2D eigenvalue weighted by Gasteiger charge is -2.14. The quantitative estimate of drug-likeness (QED) is 0.332. The third-order valence-electron chi connectivity index (χ3n) is 5.82. The molecule has 3 aromatic heterocycles. The number of nitrogen functional groups attached to an aromatic ring is 1. The number of aryl methyl sites for hydroxylation is 2. The summed E-state index contributed by atoms with van der Waals surface area (Å²) in [7, 11) is 0. The van der Waals surface area contributed by atoms with Crippen LogP contribution in [-0.4, -0.2) is 31.0 Å². The van der Waals surface area contributed by atoms with Gasteiger partial charge in [0.1, 0.15) is 11.4 Å². The van der Waals surface area contributed by atoms with Gasteiger partial charge in [-0.2, -0.15) is 0 Å². The molecule has 0 saturated heterocycles. The predicted molar refractivity (Wildman–Crippen MR) is 135 cm³/mol. The van der Waals surface area contributed by atoms with Crippen LogP contribution in [0, 0.1) is 0 Å². The van der Waals surface area contributed by atoms with Crippen molar-refractivity contribution in [2.75, 3.05) is 5.73 Å². The maximum atomic E-state index is 6.70. The second kappa shape index (κ2) is 10.4. The summed E-state index contributed by atoms with van der Waals surface area (Å²) in [6, 6.07) is 7.82. The van der Waals surface area contributed by atoms with Gasteiger partial charge >= 0.3 is 0 Å². The third-order valence-corrected chi connectivity index (χ3v) is 7.02. The Hall–Kier alpha value is -3.10. The first-order valence-electron chi connectivity index (χ1n) is 11.4. The van der Waals surface area contributed by atoms with Crippen LogP contribution >= 0.6 is 22.9 Å². The number of nitrogens with zero attached hydrogens (tertiary/aromatic N) is 5. The first-order valence-corrected chi connectivity index (χ1v) is 12.6. The highest BCUT2D eigenvalue weighted by atomic mass is 35.5. The van der Waals surface area contributed by atoms with Gasteiger partial charge in [-0.05, 0) is 69.2 Å². The number of thiazole rings is 1. The zero-order valence-electron chi connectivity index (χ0n) is 18.7. The number of ether oxygens (including phenoxy) is 1. The maximum Gasteiger partial charge on any atom is 0.180 e. The Bertz CT molecular complexity index is 1260. The van der Waals surface area contributed by atoms with Crippen molar-refractivity contribution in [1.82, 2.24) is 24.9 Å². The van der Waals surface area contributed by atoms with Crippen LogP contribution in [0.2, 0.25) is 5.02 Å². The second-order valence-corrected chi connectivity index (χ2v) is 9.90. The molecule has 1 fully saturated rings. The Morgan fingerprint density at radius 1 is 1.00 bits per heavy atom. The number of nitrogens with two attached hydrogens (primary N) is 1. The molecule has 1 saturated carbocycles. The molecule has 0 aliphatic heterocycles. The molecule has 174 valence electrons. The Labute approximate surface area is 207 Å². The van der Waals surface area contributed by atoms with Crippen molar-refractivity contribution in [3.05, 3.63) is 64.6 Å². The standard InChI is InChI=1S/C25H25ClN6OS/c26-21-13-18(33-17-5-1-2-6-17)8-9-20(21)22-12-16(4-3-7-19-14-30-25(27)34-19)31-24(32-22)23-15-28-10-11-29-23/h8-15,17H,1-7H2,(H2,27,30). The van der Waals surface area contributed by atoms with Gasteiger partial charge in [-0.1, -0.05) is 11.6 Å². The summed E-state index contributed by atoms with van der Waals surface area (Å²) >= 11 is 8.22. The summed E-state index contributed by atoms with van der Waals surface area (Å²) in [4.78, 5) is 23.4. The SMILES string of the molecule is Nc1ncc(CCCc2cc(-c3ccc(OC4CCCC4)cc3Cl)nc(-c3cnccn3)n2)s1. The molecule has 3 heterocycles. The van der Waals surface area contributed by atoms with E-state index >= 15 is 0 Å². The van der Waals surface area contributed by atoms with E-state index in [4.69, 9.17) is 32.0 Å². The molecule has 0 radical (unpaired) electrons. The summed E-state index contributed by atoms with van der Waals surface area (Å²) in [5.41, 5.74) is 8.89. The highest BCUT2D eigenvalue weighted by Crippen LogP contribution is 2.33. The number of rotatable bonds is 8. The number of benzene rings is 1. The summed E-state index contributed by atoms with van der Waals surface area (Å²) in [6.07, 6.45) is 14.3. The van der Waals surface area contributed by atoms with E-state index in [1.807, 2.05) is 30.5 Å². The topological polar surface area (TPSA) is 99.7 Å². The van der Waals surface area contributed by atoms with E-state index in [1.165, 1.54) is 29.1 Å². The molecule has 5 rings (SSSR count). The average molecular weight is 493 g/mol. The Kier molecular flexibility index (Phi) is 6.97. The van der Waals surface area contributed by atoms with Gasteiger partial charge in [0.05, 0.1) is 23.0 Å². The van der Waals surface area contributed by atoms with Crippen LogP contribution in [0.3, 0.4) is 0 Å². The molecule has 0 spiro atoms. The molecule has 1 aromatic carbocycles. The highest BCUT2D eigenvalue weighted by Gasteiger charge is 2.18. The third kappa shape index (κ3) is 5.51. The smallest absolute Gasteiger partial charge is 0.180 e. The highest BCUT2D eigenvalue weighted by molar-refractivity contribution is 7.15. The van der Waals surface area contributed by atoms with Gasteiger partial charge in [0.25, 0.3) is 0 Å². The lowest BCUT2D eigenvalue weighted by atomic mass is 10.1. The molecule has 4 aromatic rings. The molecule has 34 heavy (non-hydrogen) atoms. The fourth-order valence-corrected chi connectivity index (χ4v) is 5.14. The summed E-state index contributed by atoms with van der Waals surface area (Å²) in [5, 5.41) is 1.20. The Balaban J connectivity index is 1.41. The van der Waals surface area contributed by atoms with Crippen LogP contribution in [0.1, 0.15) is 42.7 Å². The van der Waals surface area contributed by atoms with Crippen molar-refractivity contribution < 1.29 is 4.74 Å². The Morgan fingerprint density at radius 3 is 2.62 bits per heavy atom. The Morgan fingerprint density at radius 2 is 1.88 bits per heavy atom. The van der Waals surface area contributed by atoms with Crippen LogP contribution in [0.15, 0.2) is 49.1 Å². The van der Waals surface area contributed by atoms with Crippen LogP contribution in [0.4, 0.5) is 5.13 Å². The summed E-state index contributed by atoms with van der Waals surface area (Å²) in [5.74, 6) is 1.33. The first kappa shape index (κ1) is 22.7. The first-order chi connectivity index (χ1) is 16.6. The van der Waals surface area contributed by atoms with Gasteiger partial charge in [-0.3, -0.25) is 4.98 Å². The van der Waals surface area contributed by atoms with Gasteiger partial charge in [0, 0.05) is 34.7 Å². The maximum absolute atomic E-state index is 6.70. The minimum Gasteiger partial charge on any atom is -0.490 e. The fourth-order valence-electron chi connectivity index (χ4n) is 4.15. The van der Waals surface area contributed by atoms with E-state index in [0.717, 1.165) is 54.8 Å². The second-order valence-electron chi connectivity index (χ2n) is 8.34. The van der Waals surface area contributed by atoms with Crippen molar-refractivity contribution in [1.29, 1.82) is 0 Å². The molecule has 1 aliphatic rings. The minimum atomic E-state index is 0.282. The van der Waals surface area contributed by atoms with Gasteiger partial charge in [0.15, 0.2) is 11.0 Å². The fraction of sp³-hybridized carbons (Fsp3) is 0.320. The molecule has 2 N–H and O–H groups in total. The molecule has 0 amide bonds. The van der Waals surface area contributed by atoms with Crippen LogP contribution in [0.25, 0.3) is 22.8 Å². The molecule has 0 bridgehead atoms. The molecule has 0 unspecified atom stereocenters. The minimum absolute atomic E-state index is 0.282. The molecule has 1 aliphatic carbocycles. The molecule has 9 heteroatoms. The van der Waals surface area contributed by atoms with Crippen molar-refractivity contribution in [2.45, 2.75) is 51.0 Å². The lowest BCUT2D eigenvalue weighted by molar-refractivity contribution is 0.210.